The summed E-state index contributed by atoms with van der Waals surface area (Å²) in [4.78, 5) is 11.1. The van der Waals surface area contributed by atoms with Gasteiger partial charge in [-0.2, -0.15) is 5.26 Å². The average molecular weight is 303 g/mol. The van der Waals surface area contributed by atoms with E-state index in [9.17, 15) is 4.79 Å². The molecule has 0 unspecified atom stereocenters. The van der Waals surface area contributed by atoms with E-state index >= 15 is 0 Å². The van der Waals surface area contributed by atoms with E-state index in [4.69, 9.17) is 5.26 Å². The van der Waals surface area contributed by atoms with Crippen LogP contribution < -0.4 is 0 Å². The second kappa shape index (κ2) is 4.03. The second-order valence-electron chi connectivity index (χ2n) is 2.48. The highest BCUT2D eigenvalue weighted by Gasteiger charge is 2.11. The Labute approximate surface area is 92.8 Å². The number of carbonyl (C=O) groups is 1. The summed E-state index contributed by atoms with van der Waals surface area (Å²) in [6.07, 6.45) is 0. The van der Waals surface area contributed by atoms with Crippen LogP contribution in [0.15, 0.2) is 21.1 Å². The fourth-order valence-electron chi connectivity index (χ4n) is 0.974. The van der Waals surface area contributed by atoms with Gasteiger partial charge in [0.05, 0.1) is 11.6 Å². The normalized spacial score (nSPS) is 9.38. The zero-order valence-electron chi connectivity index (χ0n) is 6.77. The number of carbonyl (C=O) groups excluding carboxylic acids is 1. The minimum atomic E-state index is -0.0387. The maximum absolute atomic E-state index is 11.1. The van der Waals surface area contributed by atoms with Crippen molar-refractivity contribution in [2.24, 2.45) is 0 Å². The van der Waals surface area contributed by atoms with Crippen LogP contribution in [-0.4, -0.2) is 5.78 Å². The molecule has 66 valence electrons. The molecule has 0 aliphatic heterocycles. The topological polar surface area (TPSA) is 40.9 Å². The molecule has 0 radical (unpaired) electrons. The molecule has 0 amide bonds. The maximum Gasteiger partial charge on any atom is 0.162 e. The standard InChI is InChI=1S/C9H5Br2NO/c1-5(13)9-7(10)2-6(4-12)3-8(9)11/h2-3H,1H3. The number of Topliss-reactive ketones (excluding diaryl/α,β-unsaturated/α-hetero) is 1. The van der Waals surface area contributed by atoms with Crippen molar-refractivity contribution >= 4 is 37.6 Å². The predicted octanol–water partition coefficient (Wildman–Crippen LogP) is 3.29. The molecule has 0 aromatic heterocycles. The Balaban J connectivity index is 3.42. The van der Waals surface area contributed by atoms with Gasteiger partial charge in [-0.1, -0.05) is 0 Å². The Kier molecular flexibility index (Phi) is 3.23. The Hall–Kier alpha value is -0.660. The van der Waals surface area contributed by atoms with Gasteiger partial charge >= 0.3 is 0 Å². The molecule has 1 aromatic carbocycles. The number of nitriles is 1. The van der Waals surface area contributed by atoms with E-state index in [1.54, 1.807) is 12.1 Å². The predicted molar refractivity (Wildman–Crippen MR) is 56.6 cm³/mol. The van der Waals surface area contributed by atoms with Crippen LogP contribution in [-0.2, 0) is 0 Å². The largest absolute Gasteiger partial charge is 0.294 e. The summed E-state index contributed by atoms with van der Waals surface area (Å²) in [5.74, 6) is -0.0387. The fraction of sp³-hybridized carbons (Fsp3) is 0.111. The third kappa shape index (κ3) is 2.17. The first kappa shape index (κ1) is 10.4. The monoisotopic (exact) mass is 301 g/mol. The Morgan fingerprint density at radius 1 is 1.38 bits per heavy atom. The minimum absolute atomic E-state index is 0.0387. The van der Waals surface area contributed by atoms with Gasteiger partial charge in [0.25, 0.3) is 0 Å². The van der Waals surface area contributed by atoms with Crippen LogP contribution in [0.2, 0.25) is 0 Å². The molecule has 0 atom stereocenters. The first-order chi connectivity index (χ1) is 6.06. The van der Waals surface area contributed by atoms with E-state index < -0.39 is 0 Å². The fourth-order valence-corrected chi connectivity index (χ4v) is 2.72. The highest BCUT2D eigenvalue weighted by atomic mass is 79.9. The molecular weight excluding hydrogens is 298 g/mol. The van der Waals surface area contributed by atoms with Crippen LogP contribution in [0.5, 0.6) is 0 Å². The lowest BCUT2D eigenvalue weighted by atomic mass is 10.1. The summed E-state index contributed by atoms with van der Waals surface area (Å²) < 4.78 is 1.29. The van der Waals surface area contributed by atoms with Gasteiger partial charge in [0.2, 0.25) is 0 Å². The SMILES string of the molecule is CC(=O)c1c(Br)cc(C#N)cc1Br. The van der Waals surface area contributed by atoms with Gasteiger partial charge in [0.15, 0.2) is 5.78 Å². The Morgan fingerprint density at radius 2 is 1.85 bits per heavy atom. The number of benzene rings is 1. The van der Waals surface area contributed by atoms with Gasteiger partial charge in [0.1, 0.15) is 0 Å². The van der Waals surface area contributed by atoms with Crippen molar-refractivity contribution in [3.8, 4) is 6.07 Å². The zero-order chi connectivity index (χ0) is 10.0. The molecule has 0 N–H and O–H groups in total. The first-order valence-electron chi connectivity index (χ1n) is 3.46. The number of rotatable bonds is 1. The van der Waals surface area contributed by atoms with E-state index in [0.29, 0.717) is 20.1 Å². The summed E-state index contributed by atoms with van der Waals surface area (Å²) in [5, 5.41) is 8.64. The van der Waals surface area contributed by atoms with Crippen LogP contribution in [0.25, 0.3) is 0 Å². The van der Waals surface area contributed by atoms with Gasteiger partial charge in [-0.3, -0.25) is 4.79 Å². The summed E-state index contributed by atoms with van der Waals surface area (Å²) in [6.45, 7) is 1.48. The second-order valence-corrected chi connectivity index (χ2v) is 4.19. The van der Waals surface area contributed by atoms with Crippen molar-refractivity contribution < 1.29 is 4.79 Å². The minimum Gasteiger partial charge on any atom is -0.294 e. The summed E-state index contributed by atoms with van der Waals surface area (Å²) in [6, 6.07) is 5.26. The molecular formula is C9H5Br2NO. The number of halogens is 2. The molecule has 0 saturated heterocycles. The molecule has 0 saturated carbocycles. The van der Waals surface area contributed by atoms with Crippen molar-refractivity contribution in [2.45, 2.75) is 6.92 Å². The smallest absolute Gasteiger partial charge is 0.162 e. The third-order valence-corrected chi connectivity index (χ3v) is 2.77. The average Bonchev–Trinajstić information content (AvgIpc) is 2.02. The molecule has 2 nitrogen and oxygen atoms in total. The molecule has 0 fully saturated rings. The quantitative estimate of drug-likeness (QED) is 0.747. The maximum atomic E-state index is 11.1. The van der Waals surface area contributed by atoms with Gasteiger partial charge in [0, 0.05) is 14.5 Å². The number of hydrogen-bond acceptors (Lipinski definition) is 2. The van der Waals surface area contributed by atoms with Crippen molar-refractivity contribution in [3.05, 3.63) is 32.2 Å². The zero-order valence-corrected chi connectivity index (χ0v) is 9.94. The van der Waals surface area contributed by atoms with Crippen LogP contribution in [0.1, 0.15) is 22.8 Å². The number of nitrogens with zero attached hydrogens (tertiary/aromatic N) is 1. The molecule has 1 rings (SSSR count). The lowest BCUT2D eigenvalue weighted by molar-refractivity contribution is 0.101. The third-order valence-electron chi connectivity index (χ3n) is 1.52. The lowest BCUT2D eigenvalue weighted by Gasteiger charge is -2.03. The number of hydrogen-bond donors (Lipinski definition) is 0. The van der Waals surface area contributed by atoms with E-state index in [1.165, 1.54) is 6.92 Å². The van der Waals surface area contributed by atoms with Crippen LogP contribution in [0, 0.1) is 11.3 Å². The van der Waals surface area contributed by atoms with Crippen molar-refractivity contribution in [2.75, 3.05) is 0 Å². The molecule has 0 aliphatic carbocycles. The van der Waals surface area contributed by atoms with E-state index in [1.807, 2.05) is 6.07 Å². The van der Waals surface area contributed by atoms with Crippen molar-refractivity contribution in [1.82, 2.24) is 0 Å². The van der Waals surface area contributed by atoms with Gasteiger partial charge in [-0.05, 0) is 50.9 Å². The van der Waals surface area contributed by atoms with Gasteiger partial charge < -0.3 is 0 Å². The van der Waals surface area contributed by atoms with E-state index in [-0.39, 0.29) is 5.78 Å². The molecule has 4 heteroatoms. The molecule has 1 aromatic rings. The molecule has 13 heavy (non-hydrogen) atoms. The van der Waals surface area contributed by atoms with Crippen molar-refractivity contribution in [1.29, 1.82) is 5.26 Å². The summed E-state index contributed by atoms with van der Waals surface area (Å²) in [7, 11) is 0. The highest BCUT2D eigenvalue weighted by Crippen LogP contribution is 2.27. The first-order valence-corrected chi connectivity index (χ1v) is 5.05. The highest BCUT2D eigenvalue weighted by molar-refractivity contribution is 9.11. The lowest BCUT2D eigenvalue weighted by Crippen LogP contribution is -1.96. The van der Waals surface area contributed by atoms with Gasteiger partial charge in [-0.25, -0.2) is 0 Å². The number of ketones is 1. The van der Waals surface area contributed by atoms with E-state index in [2.05, 4.69) is 31.9 Å². The molecule has 0 aliphatic rings. The summed E-state index contributed by atoms with van der Waals surface area (Å²) >= 11 is 6.47. The van der Waals surface area contributed by atoms with E-state index in [0.717, 1.165) is 0 Å². The van der Waals surface area contributed by atoms with Crippen LogP contribution >= 0.6 is 31.9 Å². The Bertz CT molecular complexity index is 384. The van der Waals surface area contributed by atoms with Gasteiger partial charge in [-0.15, -0.1) is 0 Å². The van der Waals surface area contributed by atoms with Crippen molar-refractivity contribution in [3.63, 3.8) is 0 Å². The molecule has 0 spiro atoms. The summed E-state index contributed by atoms with van der Waals surface area (Å²) in [5.41, 5.74) is 1.09. The van der Waals surface area contributed by atoms with Crippen LogP contribution in [0.4, 0.5) is 0 Å². The molecule has 0 heterocycles. The Morgan fingerprint density at radius 3 is 2.15 bits per heavy atom. The molecule has 0 bridgehead atoms. The van der Waals surface area contributed by atoms with Crippen LogP contribution in [0.3, 0.4) is 0 Å².